The number of nitrogens with zero attached hydrogens (tertiary/aromatic N) is 2. The van der Waals surface area contributed by atoms with Crippen molar-refractivity contribution >= 4 is 17.7 Å². The summed E-state index contributed by atoms with van der Waals surface area (Å²) in [4.78, 5) is 24.7. The molecule has 0 saturated heterocycles. The van der Waals surface area contributed by atoms with Gasteiger partial charge in [-0.1, -0.05) is 30.3 Å². The second-order valence-corrected chi connectivity index (χ2v) is 6.81. The van der Waals surface area contributed by atoms with Gasteiger partial charge in [0.1, 0.15) is 5.82 Å². The molecule has 154 valence electrons. The van der Waals surface area contributed by atoms with E-state index in [9.17, 15) is 22.8 Å². The van der Waals surface area contributed by atoms with E-state index in [2.05, 4.69) is 10.4 Å². The van der Waals surface area contributed by atoms with E-state index in [4.69, 9.17) is 4.74 Å². The highest BCUT2D eigenvalue weighted by Crippen LogP contribution is 2.29. The standard InChI is InChI=1S/C21H16F3N3O3/c22-21(23,24)15-7-5-13(6-8-15)12-27-18(9-10-25-27)26-19(28)17-11-14-3-1-2-4-16(14)20(29)30-17/h1-10,17H,11-12H2,(H,26,28)/t17-/m0/s1. The van der Waals surface area contributed by atoms with E-state index in [1.807, 2.05) is 0 Å². The fourth-order valence-corrected chi connectivity index (χ4v) is 3.22. The molecule has 3 aromatic rings. The van der Waals surface area contributed by atoms with E-state index in [0.29, 0.717) is 16.9 Å². The number of carbonyl (C=O) groups excluding carboxylic acids is 2. The third-order valence-electron chi connectivity index (χ3n) is 4.77. The van der Waals surface area contributed by atoms with Crippen molar-refractivity contribution in [1.29, 1.82) is 0 Å². The van der Waals surface area contributed by atoms with Gasteiger partial charge in [-0.25, -0.2) is 9.48 Å². The van der Waals surface area contributed by atoms with Crippen LogP contribution < -0.4 is 5.32 Å². The first-order chi connectivity index (χ1) is 14.3. The van der Waals surface area contributed by atoms with Crippen molar-refractivity contribution in [3.05, 3.63) is 83.0 Å². The van der Waals surface area contributed by atoms with Crippen molar-refractivity contribution in [1.82, 2.24) is 9.78 Å². The smallest absolute Gasteiger partial charge is 0.416 e. The van der Waals surface area contributed by atoms with Gasteiger partial charge in [0.25, 0.3) is 5.91 Å². The molecule has 1 atom stereocenters. The lowest BCUT2D eigenvalue weighted by Crippen LogP contribution is -2.38. The summed E-state index contributed by atoms with van der Waals surface area (Å²) in [6.07, 6.45) is -3.68. The molecule has 2 aromatic carbocycles. The van der Waals surface area contributed by atoms with Crippen LogP contribution in [0.5, 0.6) is 0 Å². The number of rotatable bonds is 4. The number of nitrogens with one attached hydrogen (secondary N) is 1. The summed E-state index contributed by atoms with van der Waals surface area (Å²) in [6, 6.07) is 13.2. The molecular formula is C21H16F3N3O3. The van der Waals surface area contributed by atoms with Crippen LogP contribution >= 0.6 is 0 Å². The van der Waals surface area contributed by atoms with Crippen LogP contribution in [0, 0.1) is 0 Å². The minimum atomic E-state index is -4.40. The summed E-state index contributed by atoms with van der Waals surface area (Å²) in [6.45, 7) is 0.161. The van der Waals surface area contributed by atoms with E-state index in [1.54, 1.807) is 30.3 Å². The van der Waals surface area contributed by atoms with Crippen molar-refractivity contribution in [3.8, 4) is 0 Å². The average molecular weight is 415 g/mol. The molecule has 0 saturated carbocycles. The maximum Gasteiger partial charge on any atom is 0.416 e. The number of esters is 1. The van der Waals surface area contributed by atoms with Crippen LogP contribution in [0.1, 0.15) is 27.0 Å². The van der Waals surface area contributed by atoms with Crippen LogP contribution in [0.2, 0.25) is 0 Å². The molecule has 4 rings (SSSR count). The largest absolute Gasteiger partial charge is 0.448 e. The molecule has 1 aliphatic heterocycles. The van der Waals surface area contributed by atoms with Crippen LogP contribution in [-0.2, 0) is 28.7 Å². The first-order valence-electron chi connectivity index (χ1n) is 9.09. The van der Waals surface area contributed by atoms with E-state index >= 15 is 0 Å². The van der Waals surface area contributed by atoms with Crippen LogP contribution in [-0.4, -0.2) is 27.8 Å². The molecule has 30 heavy (non-hydrogen) atoms. The summed E-state index contributed by atoms with van der Waals surface area (Å²) in [5.41, 5.74) is 1.01. The van der Waals surface area contributed by atoms with Gasteiger partial charge in [0.05, 0.1) is 23.9 Å². The van der Waals surface area contributed by atoms with Gasteiger partial charge in [-0.3, -0.25) is 4.79 Å². The molecule has 1 aromatic heterocycles. The van der Waals surface area contributed by atoms with E-state index in [-0.39, 0.29) is 13.0 Å². The number of fused-ring (bicyclic) bond motifs is 1. The summed E-state index contributed by atoms with van der Waals surface area (Å²) < 4.78 is 44.8. The van der Waals surface area contributed by atoms with Gasteiger partial charge in [-0.2, -0.15) is 18.3 Å². The molecule has 2 heterocycles. The predicted molar refractivity (Wildman–Crippen MR) is 101 cm³/mol. The molecule has 0 radical (unpaired) electrons. The third kappa shape index (κ3) is 4.05. The third-order valence-corrected chi connectivity index (χ3v) is 4.77. The zero-order chi connectivity index (χ0) is 21.3. The normalized spacial score (nSPS) is 16.0. The number of hydrogen-bond donors (Lipinski definition) is 1. The SMILES string of the molecule is O=C1O[C@H](C(=O)Nc2ccnn2Cc2ccc(C(F)(F)F)cc2)Cc2ccccc21. The van der Waals surface area contributed by atoms with Crippen molar-refractivity contribution in [2.75, 3.05) is 5.32 Å². The Morgan fingerprint density at radius 3 is 2.60 bits per heavy atom. The number of anilines is 1. The Balaban J connectivity index is 1.45. The van der Waals surface area contributed by atoms with Crippen LogP contribution in [0.3, 0.4) is 0 Å². The molecule has 9 heteroatoms. The Morgan fingerprint density at radius 2 is 1.87 bits per heavy atom. The van der Waals surface area contributed by atoms with Crippen molar-refractivity contribution < 1.29 is 27.5 Å². The number of cyclic esters (lactones) is 1. The minimum Gasteiger partial charge on any atom is -0.448 e. The van der Waals surface area contributed by atoms with Crippen molar-refractivity contribution in [2.45, 2.75) is 25.2 Å². The Kier molecular flexibility index (Phi) is 5.03. The highest BCUT2D eigenvalue weighted by atomic mass is 19.4. The zero-order valence-corrected chi connectivity index (χ0v) is 15.5. The lowest BCUT2D eigenvalue weighted by Gasteiger charge is -2.23. The second-order valence-electron chi connectivity index (χ2n) is 6.81. The molecule has 0 bridgehead atoms. The number of aromatic nitrogens is 2. The molecule has 0 spiro atoms. The van der Waals surface area contributed by atoms with Gasteiger partial charge in [-0.15, -0.1) is 0 Å². The topological polar surface area (TPSA) is 73.2 Å². The van der Waals surface area contributed by atoms with E-state index < -0.39 is 29.7 Å². The highest BCUT2D eigenvalue weighted by molar-refractivity contribution is 5.99. The lowest BCUT2D eigenvalue weighted by atomic mass is 9.98. The molecule has 1 N–H and O–H groups in total. The summed E-state index contributed by atoms with van der Waals surface area (Å²) in [5, 5.41) is 6.78. The van der Waals surface area contributed by atoms with Gasteiger partial charge >= 0.3 is 12.1 Å². The predicted octanol–water partition coefficient (Wildman–Crippen LogP) is 3.67. The minimum absolute atomic E-state index is 0.161. The second kappa shape index (κ2) is 7.66. The molecule has 0 aliphatic carbocycles. The van der Waals surface area contributed by atoms with Gasteiger partial charge in [0.2, 0.25) is 0 Å². The fraction of sp³-hybridized carbons (Fsp3) is 0.190. The number of benzene rings is 2. The Bertz CT molecular complexity index is 1090. The van der Waals surface area contributed by atoms with Gasteiger partial charge < -0.3 is 10.1 Å². The molecule has 0 unspecified atom stereocenters. The number of carbonyl (C=O) groups is 2. The maximum absolute atomic E-state index is 12.7. The maximum atomic E-state index is 12.7. The number of ether oxygens (including phenoxy) is 1. The lowest BCUT2D eigenvalue weighted by molar-refractivity contribution is -0.137. The van der Waals surface area contributed by atoms with Crippen molar-refractivity contribution in [2.24, 2.45) is 0 Å². The number of halogens is 3. The number of amides is 1. The Morgan fingerprint density at radius 1 is 1.13 bits per heavy atom. The monoisotopic (exact) mass is 415 g/mol. The van der Waals surface area contributed by atoms with Crippen LogP contribution in [0.15, 0.2) is 60.8 Å². The van der Waals surface area contributed by atoms with Crippen molar-refractivity contribution in [3.63, 3.8) is 0 Å². The highest BCUT2D eigenvalue weighted by Gasteiger charge is 2.32. The molecular weight excluding hydrogens is 399 g/mol. The van der Waals surface area contributed by atoms with Gasteiger partial charge in [0, 0.05) is 12.5 Å². The Hall–Kier alpha value is -3.62. The average Bonchev–Trinajstić information content (AvgIpc) is 3.14. The first kappa shape index (κ1) is 19.7. The number of hydrogen-bond acceptors (Lipinski definition) is 4. The van der Waals surface area contributed by atoms with Gasteiger partial charge in [0.15, 0.2) is 6.10 Å². The summed E-state index contributed by atoms with van der Waals surface area (Å²) in [5.74, 6) is -0.725. The molecule has 0 fully saturated rings. The van der Waals surface area contributed by atoms with Crippen LogP contribution in [0.4, 0.5) is 19.0 Å². The summed E-state index contributed by atoms with van der Waals surface area (Å²) in [7, 11) is 0. The summed E-state index contributed by atoms with van der Waals surface area (Å²) >= 11 is 0. The fourth-order valence-electron chi connectivity index (χ4n) is 3.22. The molecule has 1 aliphatic rings. The van der Waals surface area contributed by atoms with Gasteiger partial charge in [-0.05, 0) is 29.3 Å². The number of alkyl halides is 3. The van der Waals surface area contributed by atoms with Crippen LogP contribution in [0.25, 0.3) is 0 Å². The zero-order valence-electron chi connectivity index (χ0n) is 15.5. The molecule has 6 nitrogen and oxygen atoms in total. The first-order valence-corrected chi connectivity index (χ1v) is 9.09. The quantitative estimate of drug-likeness (QED) is 0.660. The Labute approximate surface area is 169 Å². The van der Waals surface area contributed by atoms with E-state index in [0.717, 1.165) is 17.7 Å². The van der Waals surface area contributed by atoms with E-state index in [1.165, 1.54) is 23.0 Å². The molecule has 1 amide bonds.